The van der Waals surface area contributed by atoms with Gasteiger partial charge in [0.05, 0.1) is 12.2 Å². The molecule has 0 bridgehead atoms. The zero-order chi connectivity index (χ0) is 13.1. The van der Waals surface area contributed by atoms with Gasteiger partial charge in [-0.1, -0.05) is 47.4 Å². The van der Waals surface area contributed by atoms with Crippen LogP contribution in [0.4, 0.5) is 0 Å². The molecule has 1 rings (SSSR count). The quantitative estimate of drug-likeness (QED) is 0.896. The maximum Gasteiger partial charge on any atom is 0.0943 e. The van der Waals surface area contributed by atoms with Gasteiger partial charge in [-0.3, -0.25) is 0 Å². The van der Waals surface area contributed by atoms with E-state index in [9.17, 15) is 5.11 Å². The Morgan fingerprint density at radius 1 is 1.47 bits per heavy atom. The minimum atomic E-state index is -0.883. The third-order valence-corrected chi connectivity index (χ3v) is 3.83. The Labute approximate surface area is 116 Å². The Balaban J connectivity index is 2.93. The van der Waals surface area contributed by atoms with E-state index in [1.807, 2.05) is 32.0 Å². The lowest BCUT2D eigenvalue weighted by Crippen LogP contribution is -2.42. The third-order valence-electron chi connectivity index (χ3n) is 2.98. The van der Waals surface area contributed by atoms with Crippen molar-refractivity contribution >= 4 is 27.5 Å². The van der Waals surface area contributed by atoms with Crippen LogP contribution in [-0.2, 0) is 11.2 Å². The molecule has 0 saturated heterocycles. The summed E-state index contributed by atoms with van der Waals surface area (Å²) in [6, 6.07) is 5.69. The topological polar surface area (TPSA) is 29.5 Å². The van der Waals surface area contributed by atoms with Gasteiger partial charge in [0.15, 0.2) is 0 Å². The number of benzene rings is 1. The van der Waals surface area contributed by atoms with Crippen molar-refractivity contribution < 1.29 is 9.84 Å². The number of hydrogen-bond acceptors (Lipinski definition) is 2. The van der Waals surface area contributed by atoms with Crippen LogP contribution in [0.5, 0.6) is 0 Å². The summed E-state index contributed by atoms with van der Waals surface area (Å²) in [5, 5.41) is 11.2. The van der Waals surface area contributed by atoms with Crippen molar-refractivity contribution in [1.29, 1.82) is 0 Å². The first-order valence-electron chi connectivity index (χ1n) is 5.54. The average molecular weight is 322 g/mol. The second-order valence-electron chi connectivity index (χ2n) is 4.60. The van der Waals surface area contributed by atoms with Gasteiger partial charge in [0.25, 0.3) is 0 Å². The highest BCUT2D eigenvalue weighted by Crippen LogP contribution is 2.28. The molecule has 0 fully saturated rings. The van der Waals surface area contributed by atoms with Gasteiger partial charge in [-0.15, -0.1) is 0 Å². The largest absolute Gasteiger partial charge is 0.387 e. The Morgan fingerprint density at radius 2 is 2.12 bits per heavy atom. The number of halogens is 2. The van der Waals surface area contributed by atoms with Crippen molar-refractivity contribution in [3.8, 4) is 0 Å². The summed E-state index contributed by atoms with van der Waals surface area (Å²) in [6.07, 6.45) is 0.491. The fourth-order valence-electron chi connectivity index (χ4n) is 1.67. The second kappa shape index (κ2) is 6.19. The zero-order valence-electron chi connectivity index (χ0n) is 10.3. The van der Waals surface area contributed by atoms with Crippen molar-refractivity contribution in [2.24, 2.45) is 5.92 Å². The molecule has 0 aliphatic heterocycles. The van der Waals surface area contributed by atoms with Crippen LogP contribution in [0.25, 0.3) is 0 Å². The van der Waals surface area contributed by atoms with Gasteiger partial charge in [0.2, 0.25) is 0 Å². The van der Waals surface area contributed by atoms with Gasteiger partial charge in [0, 0.05) is 23.0 Å². The van der Waals surface area contributed by atoms with E-state index in [0.29, 0.717) is 18.1 Å². The fraction of sp³-hybridized carbons (Fsp3) is 0.538. The van der Waals surface area contributed by atoms with Crippen LogP contribution in [0.15, 0.2) is 22.7 Å². The molecule has 1 aromatic carbocycles. The van der Waals surface area contributed by atoms with Gasteiger partial charge in [-0.25, -0.2) is 0 Å². The van der Waals surface area contributed by atoms with Crippen LogP contribution in [-0.4, -0.2) is 24.4 Å². The van der Waals surface area contributed by atoms with Gasteiger partial charge in [0.1, 0.15) is 0 Å². The van der Waals surface area contributed by atoms with E-state index in [2.05, 4.69) is 15.9 Å². The lowest BCUT2D eigenvalue weighted by molar-refractivity contribution is -0.0637. The second-order valence-corrected chi connectivity index (χ2v) is 5.93. The van der Waals surface area contributed by atoms with E-state index in [-0.39, 0.29) is 5.92 Å². The number of rotatable bonds is 5. The minimum absolute atomic E-state index is 0.0992. The molecule has 0 aliphatic rings. The Bertz CT molecular complexity index is 382. The molecule has 0 heterocycles. The van der Waals surface area contributed by atoms with Crippen LogP contribution >= 0.6 is 27.5 Å². The van der Waals surface area contributed by atoms with E-state index in [1.165, 1.54) is 0 Å². The Hall–Kier alpha value is -0.0900. The van der Waals surface area contributed by atoms with Gasteiger partial charge >= 0.3 is 0 Å². The molecule has 1 unspecified atom stereocenters. The summed E-state index contributed by atoms with van der Waals surface area (Å²) in [5.41, 5.74) is 0.0507. The summed E-state index contributed by atoms with van der Waals surface area (Å²) in [6.45, 7) is 4.26. The molecule has 0 spiro atoms. The molecule has 1 aromatic rings. The first-order chi connectivity index (χ1) is 7.89. The molecule has 96 valence electrons. The number of ether oxygens (including phenoxy) is 1. The molecule has 4 heteroatoms. The summed E-state index contributed by atoms with van der Waals surface area (Å²) in [5.74, 6) is 0.0992. The minimum Gasteiger partial charge on any atom is -0.387 e. The fourth-order valence-corrected chi connectivity index (χ4v) is 2.41. The van der Waals surface area contributed by atoms with Crippen molar-refractivity contribution in [1.82, 2.24) is 0 Å². The van der Waals surface area contributed by atoms with Crippen molar-refractivity contribution in [2.75, 3.05) is 13.7 Å². The molecule has 17 heavy (non-hydrogen) atoms. The smallest absolute Gasteiger partial charge is 0.0943 e. The molecule has 0 aliphatic carbocycles. The van der Waals surface area contributed by atoms with Crippen LogP contribution in [0, 0.1) is 5.92 Å². The molecule has 1 N–H and O–H groups in total. The lowest BCUT2D eigenvalue weighted by atomic mass is 9.85. The monoisotopic (exact) mass is 320 g/mol. The maximum absolute atomic E-state index is 10.5. The number of methoxy groups -OCH3 is 1. The summed E-state index contributed by atoms with van der Waals surface area (Å²) < 4.78 is 6.04. The molecule has 0 radical (unpaired) electrons. The van der Waals surface area contributed by atoms with Crippen molar-refractivity contribution in [3.63, 3.8) is 0 Å². The Morgan fingerprint density at radius 3 is 2.59 bits per heavy atom. The average Bonchev–Trinajstić information content (AvgIpc) is 2.22. The first-order valence-corrected chi connectivity index (χ1v) is 6.71. The van der Waals surface area contributed by atoms with Gasteiger partial charge in [-0.2, -0.15) is 0 Å². The van der Waals surface area contributed by atoms with E-state index in [1.54, 1.807) is 7.11 Å². The predicted molar refractivity (Wildman–Crippen MR) is 74.5 cm³/mol. The summed E-state index contributed by atoms with van der Waals surface area (Å²) >= 11 is 9.52. The predicted octanol–water partition coefficient (Wildman–Crippen LogP) is 3.68. The lowest BCUT2D eigenvalue weighted by Gasteiger charge is -2.32. The van der Waals surface area contributed by atoms with Crippen molar-refractivity contribution in [2.45, 2.75) is 25.9 Å². The van der Waals surface area contributed by atoms with Gasteiger partial charge in [-0.05, 0) is 23.6 Å². The van der Waals surface area contributed by atoms with Gasteiger partial charge < -0.3 is 9.84 Å². The third kappa shape index (κ3) is 3.95. The van der Waals surface area contributed by atoms with Crippen LogP contribution in [0.3, 0.4) is 0 Å². The van der Waals surface area contributed by atoms with E-state index in [0.717, 1.165) is 10.0 Å². The molecule has 2 nitrogen and oxygen atoms in total. The molecule has 1 atom stereocenters. The number of aliphatic hydroxyl groups is 1. The summed E-state index contributed by atoms with van der Waals surface area (Å²) in [7, 11) is 1.59. The molecular formula is C13H18BrClO2. The SMILES string of the molecule is COCC(O)(Cc1ccc(Br)cc1Cl)C(C)C. The van der Waals surface area contributed by atoms with Crippen LogP contribution in [0.1, 0.15) is 19.4 Å². The highest BCUT2D eigenvalue weighted by atomic mass is 79.9. The zero-order valence-corrected chi connectivity index (χ0v) is 12.7. The molecular weight excluding hydrogens is 303 g/mol. The first kappa shape index (κ1) is 15.0. The Kier molecular flexibility index (Phi) is 5.45. The van der Waals surface area contributed by atoms with Crippen molar-refractivity contribution in [3.05, 3.63) is 33.3 Å². The molecule has 0 amide bonds. The van der Waals surface area contributed by atoms with E-state index in [4.69, 9.17) is 16.3 Å². The molecule has 0 saturated carbocycles. The number of hydrogen-bond donors (Lipinski definition) is 1. The van der Waals surface area contributed by atoms with Crippen LogP contribution < -0.4 is 0 Å². The highest BCUT2D eigenvalue weighted by Gasteiger charge is 2.31. The molecule has 0 aromatic heterocycles. The maximum atomic E-state index is 10.5. The van der Waals surface area contributed by atoms with E-state index >= 15 is 0 Å². The normalized spacial score (nSPS) is 15.0. The summed E-state index contributed by atoms with van der Waals surface area (Å²) in [4.78, 5) is 0. The standard InChI is InChI=1S/C13H18BrClO2/c1-9(2)13(16,8-17-3)7-10-4-5-11(14)6-12(10)15/h4-6,9,16H,7-8H2,1-3H3. The highest BCUT2D eigenvalue weighted by molar-refractivity contribution is 9.10. The van der Waals surface area contributed by atoms with E-state index < -0.39 is 5.60 Å². The van der Waals surface area contributed by atoms with Crippen LogP contribution in [0.2, 0.25) is 5.02 Å².